The summed E-state index contributed by atoms with van der Waals surface area (Å²) >= 11 is 0. The molecule has 1 aliphatic rings. The van der Waals surface area contributed by atoms with Gasteiger partial charge in [0.2, 0.25) is 0 Å². The van der Waals surface area contributed by atoms with Crippen LogP contribution in [0.15, 0.2) is 29.4 Å². The van der Waals surface area contributed by atoms with Gasteiger partial charge >= 0.3 is 0 Å². The van der Waals surface area contributed by atoms with Gasteiger partial charge in [-0.2, -0.15) is 5.10 Å². The number of hydrogen-bond donors (Lipinski definition) is 0. The summed E-state index contributed by atoms with van der Waals surface area (Å²) in [6.07, 6.45) is 3.38. The Bertz CT molecular complexity index is 439. The molecule has 0 saturated heterocycles. The Labute approximate surface area is 99.9 Å². The zero-order chi connectivity index (χ0) is 12.3. The first kappa shape index (κ1) is 11.8. The molecule has 1 aromatic rings. The van der Waals surface area contributed by atoms with Gasteiger partial charge in [-0.3, -0.25) is 4.79 Å². The fraction of sp³-hybridized carbons (Fsp3) is 0.385. The van der Waals surface area contributed by atoms with Gasteiger partial charge in [-0.05, 0) is 37.1 Å². The van der Waals surface area contributed by atoms with Crippen molar-refractivity contribution in [3.63, 3.8) is 0 Å². The van der Waals surface area contributed by atoms with Crippen molar-refractivity contribution in [3.05, 3.63) is 30.1 Å². The van der Waals surface area contributed by atoms with Crippen LogP contribution in [0, 0.1) is 5.82 Å². The minimum atomic E-state index is -0.310. The van der Waals surface area contributed by atoms with E-state index in [4.69, 9.17) is 0 Å². The summed E-state index contributed by atoms with van der Waals surface area (Å²) < 4.78 is 12.8. The van der Waals surface area contributed by atoms with E-state index in [0.717, 1.165) is 25.0 Å². The molecule has 0 aromatic heterocycles. The predicted octanol–water partition coefficient (Wildman–Crippen LogP) is 3.11. The van der Waals surface area contributed by atoms with Gasteiger partial charge < -0.3 is 0 Å². The molecule has 1 aliphatic heterocycles. The fourth-order valence-electron chi connectivity index (χ4n) is 1.79. The third-order valence-electron chi connectivity index (χ3n) is 2.72. The van der Waals surface area contributed by atoms with Gasteiger partial charge in [0.25, 0.3) is 5.91 Å². The Morgan fingerprint density at radius 3 is 2.71 bits per heavy atom. The molecule has 1 amide bonds. The maximum absolute atomic E-state index is 12.8. The van der Waals surface area contributed by atoms with Crippen LogP contribution < -0.4 is 5.01 Å². The van der Waals surface area contributed by atoms with E-state index >= 15 is 0 Å². The van der Waals surface area contributed by atoms with Crippen molar-refractivity contribution in [2.24, 2.45) is 5.10 Å². The van der Waals surface area contributed by atoms with Gasteiger partial charge in [0.05, 0.1) is 12.1 Å². The van der Waals surface area contributed by atoms with E-state index in [1.54, 1.807) is 12.1 Å². The minimum Gasteiger partial charge on any atom is -0.272 e. The zero-order valence-corrected chi connectivity index (χ0v) is 9.82. The smallest absolute Gasteiger partial charge is 0.253 e. The van der Waals surface area contributed by atoms with Gasteiger partial charge in [0, 0.05) is 5.71 Å². The monoisotopic (exact) mass is 234 g/mol. The van der Waals surface area contributed by atoms with Crippen molar-refractivity contribution in [1.29, 1.82) is 0 Å². The molecule has 3 nitrogen and oxygen atoms in total. The van der Waals surface area contributed by atoms with Gasteiger partial charge in [-0.1, -0.05) is 13.3 Å². The average Bonchev–Trinajstić information content (AvgIpc) is 2.69. The molecule has 0 saturated carbocycles. The van der Waals surface area contributed by atoms with Crippen LogP contribution in [-0.2, 0) is 4.79 Å². The lowest BCUT2D eigenvalue weighted by Crippen LogP contribution is -2.19. The number of benzene rings is 1. The van der Waals surface area contributed by atoms with Crippen molar-refractivity contribution < 1.29 is 9.18 Å². The van der Waals surface area contributed by atoms with Crippen LogP contribution in [-0.4, -0.2) is 11.6 Å². The molecule has 0 N–H and O–H groups in total. The number of carbonyl (C=O) groups is 1. The second-order valence-corrected chi connectivity index (χ2v) is 4.13. The number of nitrogens with zero attached hydrogens (tertiary/aromatic N) is 2. The van der Waals surface area contributed by atoms with Gasteiger partial charge in [0.15, 0.2) is 0 Å². The largest absolute Gasteiger partial charge is 0.272 e. The lowest BCUT2D eigenvalue weighted by molar-refractivity contribution is -0.116. The van der Waals surface area contributed by atoms with E-state index in [9.17, 15) is 9.18 Å². The van der Waals surface area contributed by atoms with E-state index in [2.05, 4.69) is 12.0 Å². The summed E-state index contributed by atoms with van der Waals surface area (Å²) in [5.41, 5.74) is 1.55. The highest BCUT2D eigenvalue weighted by molar-refractivity contribution is 6.12. The molecule has 0 bridgehead atoms. The van der Waals surface area contributed by atoms with Crippen LogP contribution in [0.1, 0.15) is 32.6 Å². The molecule has 1 heterocycles. The Morgan fingerprint density at radius 1 is 1.35 bits per heavy atom. The number of hydrogen-bond acceptors (Lipinski definition) is 2. The summed E-state index contributed by atoms with van der Waals surface area (Å²) in [5.74, 6) is -0.349. The highest BCUT2D eigenvalue weighted by atomic mass is 19.1. The number of rotatable bonds is 4. The quantitative estimate of drug-likeness (QED) is 0.787. The van der Waals surface area contributed by atoms with Crippen LogP contribution in [0.3, 0.4) is 0 Å². The van der Waals surface area contributed by atoms with E-state index in [1.165, 1.54) is 17.1 Å². The third kappa shape index (κ3) is 2.70. The summed E-state index contributed by atoms with van der Waals surface area (Å²) in [7, 11) is 0. The Morgan fingerprint density at radius 2 is 2.06 bits per heavy atom. The van der Waals surface area contributed by atoms with Gasteiger partial charge in [-0.25, -0.2) is 9.40 Å². The van der Waals surface area contributed by atoms with Gasteiger partial charge in [-0.15, -0.1) is 0 Å². The molecule has 1 aromatic carbocycles. The maximum Gasteiger partial charge on any atom is 0.253 e. The number of halogens is 1. The SMILES string of the molecule is CCCCC1=NN(c2ccc(F)cc2)C(=O)C1. The van der Waals surface area contributed by atoms with Crippen molar-refractivity contribution in [2.75, 3.05) is 5.01 Å². The number of carbonyl (C=O) groups excluding carboxylic acids is 1. The standard InChI is InChI=1S/C13H15FN2O/c1-2-3-4-11-9-13(17)16(15-11)12-7-5-10(14)6-8-12/h5-8H,2-4,9H2,1H3. The van der Waals surface area contributed by atoms with Crippen molar-refractivity contribution in [1.82, 2.24) is 0 Å². The van der Waals surface area contributed by atoms with Crippen molar-refractivity contribution in [3.8, 4) is 0 Å². The molecule has 2 rings (SSSR count). The predicted molar refractivity (Wildman–Crippen MR) is 65.5 cm³/mol. The molecule has 90 valence electrons. The summed E-state index contributed by atoms with van der Waals surface area (Å²) in [5, 5.41) is 5.65. The number of unbranched alkanes of at least 4 members (excludes halogenated alkanes) is 1. The summed E-state index contributed by atoms with van der Waals surface area (Å²) in [6, 6.07) is 5.81. The highest BCUT2D eigenvalue weighted by Gasteiger charge is 2.24. The minimum absolute atomic E-state index is 0.0392. The molecule has 0 fully saturated rings. The topological polar surface area (TPSA) is 32.7 Å². The Hall–Kier alpha value is -1.71. The molecule has 0 aliphatic carbocycles. The summed E-state index contributed by atoms with van der Waals surface area (Å²) in [4.78, 5) is 11.8. The first-order valence-electron chi connectivity index (χ1n) is 5.85. The molecule has 0 spiro atoms. The van der Waals surface area contributed by atoms with E-state index in [0.29, 0.717) is 12.1 Å². The lowest BCUT2D eigenvalue weighted by Gasteiger charge is -2.10. The molecule has 17 heavy (non-hydrogen) atoms. The van der Waals surface area contributed by atoms with E-state index in [-0.39, 0.29) is 11.7 Å². The first-order valence-corrected chi connectivity index (χ1v) is 5.85. The average molecular weight is 234 g/mol. The van der Waals surface area contributed by atoms with Gasteiger partial charge in [0.1, 0.15) is 5.82 Å². The molecular weight excluding hydrogens is 219 g/mol. The maximum atomic E-state index is 12.8. The number of anilines is 1. The second kappa shape index (κ2) is 5.08. The molecular formula is C13H15FN2O. The van der Waals surface area contributed by atoms with Crippen LogP contribution in [0.4, 0.5) is 10.1 Å². The molecule has 0 atom stereocenters. The zero-order valence-electron chi connectivity index (χ0n) is 9.82. The third-order valence-corrected chi connectivity index (χ3v) is 2.72. The van der Waals surface area contributed by atoms with Crippen LogP contribution >= 0.6 is 0 Å². The fourth-order valence-corrected chi connectivity index (χ4v) is 1.79. The Balaban J connectivity index is 2.13. The first-order chi connectivity index (χ1) is 8.20. The van der Waals surface area contributed by atoms with E-state index < -0.39 is 0 Å². The molecule has 0 unspecified atom stereocenters. The highest BCUT2D eigenvalue weighted by Crippen LogP contribution is 2.22. The molecule has 4 heteroatoms. The van der Waals surface area contributed by atoms with Crippen molar-refractivity contribution in [2.45, 2.75) is 32.6 Å². The normalized spacial score (nSPS) is 15.3. The van der Waals surface area contributed by atoms with Crippen LogP contribution in [0.5, 0.6) is 0 Å². The van der Waals surface area contributed by atoms with Crippen molar-refractivity contribution >= 4 is 17.3 Å². The van der Waals surface area contributed by atoms with E-state index in [1.807, 2.05) is 0 Å². The lowest BCUT2D eigenvalue weighted by atomic mass is 10.1. The summed E-state index contributed by atoms with van der Waals surface area (Å²) in [6.45, 7) is 2.11. The van der Waals surface area contributed by atoms with Crippen LogP contribution in [0.2, 0.25) is 0 Å². The molecule has 0 radical (unpaired) electrons. The Kier molecular flexibility index (Phi) is 3.52. The number of amides is 1. The second-order valence-electron chi connectivity index (χ2n) is 4.13. The van der Waals surface area contributed by atoms with Crippen LogP contribution in [0.25, 0.3) is 0 Å². The number of hydrazone groups is 1.